The van der Waals surface area contributed by atoms with Crippen LogP contribution in [0.2, 0.25) is 0 Å². The van der Waals surface area contributed by atoms with Gasteiger partial charge in [-0.2, -0.15) is 0 Å². The molecule has 2 saturated heterocycles. The maximum absolute atomic E-state index is 2.63. The molecule has 0 saturated carbocycles. The van der Waals surface area contributed by atoms with Gasteiger partial charge in [-0.3, -0.25) is 4.90 Å². The standard InChI is InChI=1S/C10H19IN2/c1-9(2)12-6-3-4-10(8-12)5-7-13(10)11/h9H,3-8H2,1-2H3. The topological polar surface area (TPSA) is 6.48 Å². The molecule has 0 aromatic heterocycles. The zero-order valence-corrected chi connectivity index (χ0v) is 10.7. The lowest BCUT2D eigenvalue weighted by molar-refractivity contribution is 0.00271. The highest BCUT2D eigenvalue weighted by Gasteiger charge is 2.46. The summed E-state index contributed by atoms with van der Waals surface area (Å²) >= 11 is 2.51. The number of nitrogens with zero attached hydrogens (tertiary/aromatic N) is 2. The highest BCUT2D eigenvalue weighted by atomic mass is 127. The Morgan fingerprint density at radius 2 is 2.00 bits per heavy atom. The molecule has 2 rings (SSSR count). The smallest absolute Gasteiger partial charge is 0.0444 e. The van der Waals surface area contributed by atoms with Crippen molar-refractivity contribution in [3.05, 3.63) is 0 Å². The normalized spacial score (nSPS) is 36.9. The van der Waals surface area contributed by atoms with Crippen LogP contribution in [0.4, 0.5) is 0 Å². The number of halogens is 1. The average Bonchev–Trinajstić information content (AvgIpc) is 2.16. The third-order valence-corrected chi connectivity index (χ3v) is 5.11. The van der Waals surface area contributed by atoms with Crippen LogP contribution in [0.1, 0.15) is 33.1 Å². The summed E-state index contributed by atoms with van der Waals surface area (Å²) in [5.41, 5.74) is 0.559. The Bertz CT molecular complexity index is 195. The fraction of sp³-hybridized carbons (Fsp3) is 1.00. The maximum Gasteiger partial charge on any atom is 0.0444 e. The van der Waals surface area contributed by atoms with Crippen molar-refractivity contribution in [1.82, 2.24) is 8.01 Å². The molecule has 2 aliphatic heterocycles. The van der Waals surface area contributed by atoms with E-state index in [2.05, 4.69) is 44.7 Å². The Balaban J connectivity index is 1.99. The molecule has 0 aliphatic carbocycles. The van der Waals surface area contributed by atoms with Gasteiger partial charge >= 0.3 is 0 Å². The van der Waals surface area contributed by atoms with Gasteiger partial charge in [0.25, 0.3) is 0 Å². The second kappa shape index (κ2) is 3.66. The summed E-state index contributed by atoms with van der Waals surface area (Å²) in [6.45, 7) is 8.54. The molecule has 76 valence electrons. The van der Waals surface area contributed by atoms with Crippen LogP contribution in [0.25, 0.3) is 0 Å². The lowest BCUT2D eigenvalue weighted by atomic mass is 9.80. The van der Waals surface area contributed by atoms with Crippen LogP contribution in [0.3, 0.4) is 0 Å². The lowest BCUT2D eigenvalue weighted by Gasteiger charge is -2.55. The van der Waals surface area contributed by atoms with Crippen molar-refractivity contribution in [1.29, 1.82) is 0 Å². The fourth-order valence-electron chi connectivity index (χ4n) is 2.50. The van der Waals surface area contributed by atoms with Crippen LogP contribution in [0, 0.1) is 0 Å². The Labute approximate surface area is 95.2 Å². The minimum absolute atomic E-state index is 0.559. The van der Waals surface area contributed by atoms with Crippen molar-refractivity contribution >= 4 is 22.9 Å². The van der Waals surface area contributed by atoms with Crippen LogP contribution in [0.15, 0.2) is 0 Å². The molecule has 2 aliphatic rings. The predicted octanol–water partition coefficient (Wildman–Crippen LogP) is 2.29. The summed E-state index contributed by atoms with van der Waals surface area (Å²) in [5, 5.41) is 0. The minimum Gasteiger partial charge on any atom is -0.299 e. The van der Waals surface area contributed by atoms with Crippen molar-refractivity contribution in [3.63, 3.8) is 0 Å². The van der Waals surface area contributed by atoms with Crippen LogP contribution in [0.5, 0.6) is 0 Å². The molecule has 2 fully saturated rings. The predicted molar refractivity (Wildman–Crippen MR) is 64.0 cm³/mol. The van der Waals surface area contributed by atoms with E-state index in [1.54, 1.807) is 0 Å². The molecule has 2 nitrogen and oxygen atoms in total. The van der Waals surface area contributed by atoms with E-state index in [0.29, 0.717) is 5.54 Å². The molecule has 0 radical (unpaired) electrons. The Morgan fingerprint density at radius 3 is 2.46 bits per heavy atom. The Kier molecular flexibility index (Phi) is 2.87. The lowest BCUT2D eigenvalue weighted by Crippen LogP contribution is -2.63. The number of hydrogen-bond donors (Lipinski definition) is 0. The fourth-order valence-corrected chi connectivity index (χ4v) is 3.38. The molecule has 0 N–H and O–H groups in total. The van der Waals surface area contributed by atoms with Crippen molar-refractivity contribution in [2.45, 2.75) is 44.7 Å². The summed E-state index contributed by atoms with van der Waals surface area (Å²) < 4.78 is 2.53. The number of rotatable bonds is 1. The van der Waals surface area contributed by atoms with E-state index in [4.69, 9.17) is 0 Å². The van der Waals surface area contributed by atoms with Gasteiger partial charge in [0.15, 0.2) is 0 Å². The van der Waals surface area contributed by atoms with E-state index in [1.165, 1.54) is 38.9 Å². The summed E-state index contributed by atoms with van der Waals surface area (Å²) in [4.78, 5) is 2.63. The van der Waals surface area contributed by atoms with Crippen LogP contribution < -0.4 is 0 Å². The third-order valence-electron chi connectivity index (χ3n) is 3.60. The highest BCUT2D eigenvalue weighted by Crippen LogP contribution is 2.41. The van der Waals surface area contributed by atoms with Crippen molar-refractivity contribution in [2.24, 2.45) is 0 Å². The minimum atomic E-state index is 0.559. The van der Waals surface area contributed by atoms with E-state index < -0.39 is 0 Å². The van der Waals surface area contributed by atoms with Crippen molar-refractivity contribution in [3.8, 4) is 0 Å². The molecule has 1 unspecified atom stereocenters. The second-order valence-electron chi connectivity index (χ2n) is 4.73. The van der Waals surface area contributed by atoms with Crippen molar-refractivity contribution in [2.75, 3.05) is 19.6 Å². The average molecular weight is 294 g/mol. The zero-order chi connectivity index (χ0) is 9.47. The molecule has 0 aromatic carbocycles. The number of likely N-dealkylation sites (tertiary alicyclic amines) is 1. The molecule has 2 heterocycles. The molecule has 0 amide bonds. The van der Waals surface area contributed by atoms with E-state index in [9.17, 15) is 0 Å². The molecule has 13 heavy (non-hydrogen) atoms. The van der Waals surface area contributed by atoms with Gasteiger partial charge in [-0.1, -0.05) is 0 Å². The van der Waals surface area contributed by atoms with Gasteiger partial charge in [-0.25, -0.2) is 3.11 Å². The molecule has 1 atom stereocenters. The van der Waals surface area contributed by atoms with Crippen molar-refractivity contribution < 1.29 is 0 Å². The third kappa shape index (κ3) is 1.75. The molecule has 3 heteroatoms. The van der Waals surface area contributed by atoms with Crippen LogP contribution in [-0.4, -0.2) is 39.2 Å². The van der Waals surface area contributed by atoms with Gasteiger partial charge in [0.05, 0.1) is 0 Å². The van der Waals surface area contributed by atoms with Crippen LogP contribution in [-0.2, 0) is 0 Å². The maximum atomic E-state index is 2.63. The number of hydrogen-bond acceptors (Lipinski definition) is 2. The molecular formula is C10H19IN2. The molecule has 1 spiro atoms. The molecular weight excluding hydrogens is 275 g/mol. The zero-order valence-electron chi connectivity index (χ0n) is 8.59. The Morgan fingerprint density at radius 1 is 1.23 bits per heavy atom. The monoisotopic (exact) mass is 294 g/mol. The first-order valence-corrected chi connectivity index (χ1v) is 6.28. The summed E-state index contributed by atoms with van der Waals surface area (Å²) in [6.07, 6.45) is 4.22. The van der Waals surface area contributed by atoms with Crippen LogP contribution >= 0.6 is 22.9 Å². The van der Waals surface area contributed by atoms with Gasteiger partial charge in [-0.15, -0.1) is 0 Å². The first-order valence-electron chi connectivity index (χ1n) is 5.31. The number of piperidine rings is 1. The van der Waals surface area contributed by atoms with Gasteiger partial charge in [0, 0.05) is 47.5 Å². The van der Waals surface area contributed by atoms with Gasteiger partial charge in [0.2, 0.25) is 0 Å². The van der Waals surface area contributed by atoms with Gasteiger partial charge < -0.3 is 0 Å². The first kappa shape index (κ1) is 10.2. The SMILES string of the molecule is CC(C)N1CCCC2(CCN2I)C1. The summed E-state index contributed by atoms with van der Waals surface area (Å²) in [6, 6.07) is 0.725. The van der Waals surface area contributed by atoms with E-state index in [-0.39, 0.29) is 0 Å². The van der Waals surface area contributed by atoms with Gasteiger partial charge in [0.1, 0.15) is 0 Å². The summed E-state index contributed by atoms with van der Waals surface area (Å²) in [5.74, 6) is 0. The second-order valence-corrected chi connectivity index (χ2v) is 5.89. The summed E-state index contributed by atoms with van der Waals surface area (Å²) in [7, 11) is 0. The Hall–Kier alpha value is 0.650. The van der Waals surface area contributed by atoms with Gasteiger partial charge in [-0.05, 0) is 39.7 Å². The van der Waals surface area contributed by atoms with E-state index >= 15 is 0 Å². The first-order chi connectivity index (χ1) is 6.14. The quantitative estimate of drug-likeness (QED) is 0.541. The molecule has 0 bridgehead atoms. The van der Waals surface area contributed by atoms with E-state index in [0.717, 1.165) is 6.04 Å². The molecule has 0 aromatic rings. The largest absolute Gasteiger partial charge is 0.299 e. The highest BCUT2D eigenvalue weighted by molar-refractivity contribution is 14.1. The van der Waals surface area contributed by atoms with E-state index in [1.807, 2.05) is 0 Å².